The summed E-state index contributed by atoms with van der Waals surface area (Å²) < 4.78 is 23.5. The fraction of sp³-hybridized carbons (Fsp3) is 0.923. The van der Waals surface area contributed by atoms with Gasteiger partial charge in [-0.15, -0.1) is 0 Å². The molecule has 440 valence electrons. The summed E-state index contributed by atoms with van der Waals surface area (Å²) in [6.07, 6.45) is 72.3. The Morgan fingerprint density at radius 3 is 1.12 bits per heavy atom. The van der Waals surface area contributed by atoms with Crippen LogP contribution < -0.4 is 10.2 Å². The summed E-state index contributed by atoms with van der Waals surface area (Å²) in [5.41, 5.74) is 0. The molecule has 0 aromatic carbocycles. The molecule has 0 aliphatic rings. The normalized spacial score (nSPS) is 13.9. The number of quaternary nitrogens is 1. The number of aliphatic hydroxyl groups excluding tert-OH is 1. The van der Waals surface area contributed by atoms with E-state index in [2.05, 4.69) is 43.5 Å². The fourth-order valence-electron chi connectivity index (χ4n) is 10.1. The van der Waals surface area contributed by atoms with E-state index in [1.54, 1.807) is 0 Å². The molecule has 8 nitrogen and oxygen atoms in total. The molecular weight excluding hydrogens is 936 g/mol. The largest absolute Gasteiger partial charge is 0.756 e. The van der Waals surface area contributed by atoms with Crippen LogP contribution in [0.25, 0.3) is 0 Å². The zero-order valence-corrected chi connectivity index (χ0v) is 51.2. The summed E-state index contributed by atoms with van der Waals surface area (Å²) >= 11 is 0. The Balaban J connectivity index is 4.06. The van der Waals surface area contributed by atoms with Crippen LogP contribution in [0.5, 0.6) is 0 Å². The standard InChI is InChI=1S/C65H129N2O6P/c1-6-8-10-12-14-16-18-20-22-24-26-28-30-32-33-35-37-39-41-43-45-47-49-51-53-55-57-59-65(69)66-63(62-73-74(70,71)72-61-60-67(3,4)5)64(68)58-56-54-52-50-48-46-44-42-40-38-36-34-31-29-27-25-23-21-19-17-15-13-11-9-7-2/h18,20,24,26,63-64,68H,6-17,19,21-23,25,27-62H2,1-5H3,(H-,66,69,70,71)/b20-18-,26-24-. The average molecular weight is 1070 g/mol. The molecule has 0 aromatic rings. The van der Waals surface area contributed by atoms with Gasteiger partial charge in [-0.1, -0.05) is 308 Å². The number of aliphatic hydroxyl groups is 1. The van der Waals surface area contributed by atoms with Crippen molar-refractivity contribution >= 4 is 13.7 Å². The van der Waals surface area contributed by atoms with E-state index in [-0.39, 0.29) is 19.1 Å². The van der Waals surface area contributed by atoms with Gasteiger partial charge in [0.25, 0.3) is 7.82 Å². The van der Waals surface area contributed by atoms with E-state index in [0.717, 1.165) is 44.9 Å². The van der Waals surface area contributed by atoms with Gasteiger partial charge in [-0.05, 0) is 44.9 Å². The average Bonchev–Trinajstić information content (AvgIpc) is 3.36. The number of hydrogen-bond donors (Lipinski definition) is 2. The minimum absolute atomic E-state index is 0.0143. The van der Waals surface area contributed by atoms with Gasteiger partial charge < -0.3 is 28.8 Å². The smallest absolute Gasteiger partial charge is 0.268 e. The monoisotopic (exact) mass is 1060 g/mol. The number of phosphoric ester groups is 1. The third-order valence-corrected chi connectivity index (χ3v) is 16.2. The van der Waals surface area contributed by atoms with Crippen molar-refractivity contribution < 1.29 is 32.9 Å². The van der Waals surface area contributed by atoms with Crippen LogP contribution in [0.4, 0.5) is 0 Å². The van der Waals surface area contributed by atoms with E-state index in [1.807, 2.05) is 21.1 Å². The zero-order valence-electron chi connectivity index (χ0n) is 50.3. The zero-order chi connectivity index (χ0) is 54.2. The van der Waals surface area contributed by atoms with Crippen LogP contribution in [0.3, 0.4) is 0 Å². The molecule has 0 spiro atoms. The summed E-state index contributed by atoms with van der Waals surface area (Å²) in [7, 11) is 1.32. The number of phosphoric acid groups is 1. The number of rotatable bonds is 61. The Labute approximate surface area is 462 Å². The van der Waals surface area contributed by atoms with Crippen LogP contribution in [0.2, 0.25) is 0 Å². The Kier molecular flexibility index (Phi) is 55.9. The number of carbonyl (C=O) groups excluding carboxylic acids is 1. The second-order valence-corrected chi connectivity index (χ2v) is 25.2. The van der Waals surface area contributed by atoms with Crippen molar-refractivity contribution in [2.75, 3.05) is 40.9 Å². The summed E-state index contributed by atoms with van der Waals surface area (Å²) in [4.78, 5) is 25.6. The minimum atomic E-state index is -4.58. The summed E-state index contributed by atoms with van der Waals surface area (Å²) in [5, 5.41) is 14.1. The van der Waals surface area contributed by atoms with Gasteiger partial charge in [-0.3, -0.25) is 9.36 Å². The number of unbranched alkanes of at least 4 members (excludes halogenated alkanes) is 44. The molecule has 0 aliphatic carbocycles. The highest BCUT2D eigenvalue weighted by Crippen LogP contribution is 2.38. The Hall–Kier alpha value is -1.02. The predicted molar refractivity (Wildman–Crippen MR) is 321 cm³/mol. The van der Waals surface area contributed by atoms with Crippen molar-refractivity contribution in [2.24, 2.45) is 0 Å². The molecule has 0 saturated heterocycles. The van der Waals surface area contributed by atoms with Crippen molar-refractivity contribution in [3.8, 4) is 0 Å². The lowest BCUT2D eigenvalue weighted by Crippen LogP contribution is -2.46. The minimum Gasteiger partial charge on any atom is -0.756 e. The van der Waals surface area contributed by atoms with Gasteiger partial charge in [-0.25, -0.2) is 0 Å². The number of allylic oxidation sites excluding steroid dienone is 4. The van der Waals surface area contributed by atoms with E-state index < -0.39 is 20.0 Å². The Morgan fingerprint density at radius 2 is 0.784 bits per heavy atom. The molecule has 74 heavy (non-hydrogen) atoms. The van der Waals surface area contributed by atoms with Crippen LogP contribution in [-0.4, -0.2) is 68.5 Å². The number of carbonyl (C=O) groups is 1. The molecule has 0 radical (unpaired) electrons. The third kappa shape index (κ3) is 58.7. The fourth-order valence-corrected chi connectivity index (χ4v) is 10.8. The third-order valence-electron chi connectivity index (χ3n) is 15.2. The molecule has 0 rings (SSSR count). The highest BCUT2D eigenvalue weighted by atomic mass is 31.2. The first-order valence-corrected chi connectivity index (χ1v) is 34.1. The number of nitrogens with one attached hydrogen (secondary N) is 1. The molecule has 1 amide bonds. The van der Waals surface area contributed by atoms with Gasteiger partial charge in [0.1, 0.15) is 13.2 Å². The van der Waals surface area contributed by atoms with E-state index >= 15 is 0 Å². The van der Waals surface area contributed by atoms with Gasteiger partial charge in [0.15, 0.2) is 0 Å². The maximum atomic E-state index is 13.0. The highest BCUT2D eigenvalue weighted by Gasteiger charge is 2.24. The first-order chi connectivity index (χ1) is 36.0. The SMILES string of the molecule is CCCCCCC/C=C\C/C=C\CCCCCCCCCCCCCCCCCC(=O)NC(COP(=O)([O-])OCC[N+](C)(C)C)C(O)CCCCCCCCCCCCCCCCCCCCCCCCCCC. The van der Waals surface area contributed by atoms with Gasteiger partial charge >= 0.3 is 0 Å². The van der Waals surface area contributed by atoms with Gasteiger partial charge in [0.2, 0.25) is 5.91 Å². The molecule has 3 atom stereocenters. The van der Waals surface area contributed by atoms with Crippen molar-refractivity contribution in [3.63, 3.8) is 0 Å². The number of likely N-dealkylation sites (N-methyl/N-ethyl adjacent to an activating group) is 1. The molecule has 0 bridgehead atoms. The first kappa shape index (κ1) is 73.0. The number of hydrogen-bond acceptors (Lipinski definition) is 6. The van der Waals surface area contributed by atoms with E-state index in [1.165, 1.54) is 263 Å². The molecule has 0 fully saturated rings. The molecule has 2 N–H and O–H groups in total. The summed E-state index contributed by atoms with van der Waals surface area (Å²) in [5.74, 6) is -0.159. The maximum Gasteiger partial charge on any atom is 0.268 e. The van der Waals surface area contributed by atoms with E-state index in [0.29, 0.717) is 23.9 Å². The Bertz CT molecular complexity index is 1260. The van der Waals surface area contributed by atoms with E-state index in [4.69, 9.17) is 9.05 Å². The summed E-state index contributed by atoms with van der Waals surface area (Å²) in [6.45, 7) is 4.77. The molecular formula is C65H129N2O6P. The van der Waals surface area contributed by atoms with Gasteiger partial charge in [0.05, 0.1) is 39.9 Å². The van der Waals surface area contributed by atoms with E-state index in [9.17, 15) is 19.4 Å². The molecule has 0 aliphatic heterocycles. The maximum absolute atomic E-state index is 13.0. The lowest BCUT2D eigenvalue weighted by atomic mass is 10.0. The predicted octanol–water partition coefficient (Wildman–Crippen LogP) is 19.7. The molecule has 3 unspecified atom stereocenters. The lowest BCUT2D eigenvalue weighted by molar-refractivity contribution is -0.870. The molecule has 0 saturated carbocycles. The van der Waals surface area contributed by atoms with Gasteiger partial charge in [-0.2, -0.15) is 0 Å². The van der Waals surface area contributed by atoms with Crippen molar-refractivity contribution in [1.82, 2.24) is 5.32 Å². The lowest BCUT2D eigenvalue weighted by Gasteiger charge is -2.30. The molecule has 0 aromatic heterocycles. The van der Waals surface area contributed by atoms with Crippen LogP contribution in [-0.2, 0) is 18.4 Å². The second-order valence-electron chi connectivity index (χ2n) is 23.8. The quantitative estimate of drug-likeness (QED) is 0.0272. The van der Waals surface area contributed by atoms with Crippen molar-refractivity contribution in [2.45, 2.75) is 347 Å². The van der Waals surface area contributed by atoms with Crippen LogP contribution in [0, 0.1) is 0 Å². The molecule has 0 heterocycles. The molecule has 9 heteroatoms. The van der Waals surface area contributed by atoms with Crippen molar-refractivity contribution in [3.05, 3.63) is 24.3 Å². The van der Waals surface area contributed by atoms with Gasteiger partial charge in [0, 0.05) is 6.42 Å². The van der Waals surface area contributed by atoms with Crippen LogP contribution in [0.1, 0.15) is 335 Å². The Morgan fingerprint density at radius 1 is 0.473 bits per heavy atom. The topological polar surface area (TPSA) is 108 Å². The highest BCUT2D eigenvalue weighted by molar-refractivity contribution is 7.45. The van der Waals surface area contributed by atoms with Crippen LogP contribution >= 0.6 is 7.82 Å². The second kappa shape index (κ2) is 56.7. The summed E-state index contributed by atoms with van der Waals surface area (Å²) in [6, 6.07) is -0.800. The number of nitrogens with zero attached hydrogens (tertiary/aromatic N) is 1. The van der Waals surface area contributed by atoms with Crippen LogP contribution in [0.15, 0.2) is 24.3 Å². The number of amides is 1. The van der Waals surface area contributed by atoms with Crippen molar-refractivity contribution in [1.29, 1.82) is 0 Å². The first-order valence-electron chi connectivity index (χ1n) is 32.7.